The maximum Gasteiger partial charge on any atom is 0.314 e. The number of carbonyl (C=O) groups is 1. The van der Waals surface area contributed by atoms with Crippen molar-refractivity contribution in [2.75, 3.05) is 13.6 Å². The fourth-order valence-corrected chi connectivity index (χ4v) is 0.578. The Morgan fingerprint density at radius 3 is 2.27 bits per heavy atom. The van der Waals surface area contributed by atoms with E-state index in [2.05, 4.69) is 31.4 Å². The van der Waals surface area contributed by atoms with Crippen molar-refractivity contribution < 1.29 is 4.79 Å². The van der Waals surface area contributed by atoms with Crippen LogP contribution in [0, 0.1) is 11.8 Å². The molecule has 0 spiro atoms. The van der Waals surface area contributed by atoms with E-state index < -0.39 is 0 Å². The third kappa shape index (κ3) is 4.65. The number of carbonyl (C=O) groups excluding carboxylic acids is 1. The molecule has 0 bridgehead atoms. The molecule has 0 aromatic carbocycles. The van der Waals surface area contributed by atoms with Crippen LogP contribution in [0.4, 0.5) is 4.79 Å². The Balaban J connectivity index is 3.45. The van der Waals surface area contributed by atoms with Crippen LogP contribution in [0.3, 0.4) is 0 Å². The van der Waals surface area contributed by atoms with E-state index in [4.69, 9.17) is 0 Å². The van der Waals surface area contributed by atoms with Gasteiger partial charge in [0, 0.05) is 13.6 Å². The minimum absolute atomic E-state index is 0.0995. The number of rotatable bonds is 3. The molecule has 0 saturated carbocycles. The van der Waals surface area contributed by atoms with Crippen LogP contribution in [-0.2, 0) is 0 Å². The zero-order chi connectivity index (χ0) is 8.85. The molecule has 0 fully saturated rings. The van der Waals surface area contributed by atoms with Crippen molar-refractivity contribution in [3.05, 3.63) is 0 Å². The summed E-state index contributed by atoms with van der Waals surface area (Å²) in [7, 11) is 1.62. The van der Waals surface area contributed by atoms with Gasteiger partial charge in [0.25, 0.3) is 0 Å². The van der Waals surface area contributed by atoms with Gasteiger partial charge in [0.1, 0.15) is 0 Å². The number of amides is 2. The highest BCUT2D eigenvalue weighted by Gasteiger charge is 2.07. The maximum atomic E-state index is 10.7. The average Bonchev–Trinajstić information content (AvgIpc) is 1.99. The fraction of sp³-hybridized carbons (Fsp3) is 0.875. The van der Waals surface area contributed by atoms with Crippen molar-refractivity contribution in [3.8, 4) is 0 Å². The molecule has 66 valence electrons. The molecular formula is C8H18N2O. The molecule has 11 heavy (non-hydrogen) atoms. The van der Waals surface area contributed by atoms with E-state index >= 15 is 0 Å². The predicted molar refractivity (Wildman–Crippen MR) is 46.5 cm³/mol. The average molecular weight is 158 g/mol. The van der Waals surface area contributed by atoms with Crippen LogP contribution < -0.4 is 10.6 Å². The van der Waals surface area contributed by atoms with Crippen molar-refractivity contribution in [1.29, 1.82) is 0 Å². The number of urea groups is 1. The first-order valence-electron chi connectivity index (χ1n) is 4.03. The summed E-state index contributed by atoms with van der Waals surface area (Å²) in [5, 5.41) is 5.27. The van der Waals surface area contributed by atoms with Crippen LogP contribution in [0.1, 0.15) is 20.8 Å². The summed E-state index contributed by atoms with van der Waals surface area (Å²) >= 11 is 0. The highest BCUT2D eigenvalue weighted by Crippen LogP contribution is 2.06. The Kier molecular flexibility index (Phi) is 4.66. The lowest BCUT2D eigenvalue weighted by Crippen LogP contribution is -2.36. The first-order chi connectivity index (χ1) is 5.07. The van der Waals surface area contributed by atoms with Crippen molar-refractivity contribution in [1.82, 2.24) is 10.6 Å². The highest BCUT2D eigenvalue weighted by molar-refractivity contribution is 5.73. The number of nitrogens with one attached hydrogen (secondary N) is 2. The summed E-state index contributed by atoms with van der Waals surface area (Å²) in [6.45, 7) is 7.17. The van der Waals surface area contributed by atoms with Crippen LogP contribution in [0.15, 0.2) is 0 Å². The molecule has 1 atom stereocenters. The van der Waals surface area contributed by atoms with Crippen LogP contribution >= 0.6 is 0 Å². The lowest BCUT2D eigenvalue weighted by molar-refractivity contribution is 0.239. The Labute approximate surface area is 68.6 Å². The molecule has 2 N–H and O–H groups in total. The standard InChI is InChI=1S/C8H18N2O/c1-6(2)7(3)5-10-8(11)9-4/h6-7H,5H2,1-4H3,(H2,9,10,11). The molecule has 0 heterocycles. The molecule has 0 rings (SSSR count). The maximum absolute atomic E-state index is 10.7. The van der Waals surface area contributed by atoms with E-state index in [0.717, 1.165) is 6.54 Å². The van der Waals surface area contributed by atoms with Crippen molar-refractivity contribution in [2.24, 2.45) is 11.8 Å². The molecular weight excluding hydrogens is 140 g/mol. The molecule has 0 aliphatic rings. The quantitative estimate of drug-likeness (QED) is 0.637. The third-order valence-corrected chi connectivity index (χ3v) is 1.95. The second-order valence-corrected chi connectivity index (χ2v) is 3.18. The van der Waals surface area contributed by atoms with Gasteiger partial charge in [-0.2, -0.15) is 0 Å². The van der Waals surface area contributed by atoms with Gasteiger partial charge < -0.3 is 10.6 Å². The van der Waals surface area contributed by atoms with Crippen molar-refractivity contribution in [2.45, 2.75) is 20.8 Å². The molecule has 0 aromatic rings. The summed E-state index contributed by atoms with van der Waals surface area (Å²) < 4.78 is 0. The molecule has 0 saturated heterocycles. The van der Waals surface area contributed by atoms with Crippen LogP contribution in [0.2, 0.25) is 0 Å². The molecule has 1 unspecified atom stereocenters. The predicted octanol–water partition coefficient (Wildman–Crippen LogP) is 1.21. The van der Waals surface area contributed by atoms with Gasteiger partial charge in [0.05, 0.1) is 0 Å². The Hall–Kier alpha value is -0.730. The Morgan fingerprint density at radius 2 is 1.91 bits per heavy atom. The topological polar surface area (TPSA) is 41.1 Å². The van der Waals surface area contributed by atoms with Gasteiger partial charge >= 0.3 is 6.03 Å². The van der Waals surface area contributed by atoms with E-state index in [-0.39, 0.29) is 6.03 Å². The zero-order valence-corrected chi connectivity index (χ0v) is 7.77. The van der Waals surface area contributed by atoms with Gasteiger partial charge in [0.15, 0.2) is 0 Å². The molecule has 0 aromatic heterocycles. The normalized spacial score (nSPS) is 12.8. The van der Waals surface area contributed by atoms with E-state index in [1.807, 2.05) is 0 Å². The van der Waals surface area contributed by atoms with Gasteiger partial charge in [0.2, 0.25) is 0 Å². The first kappa shape index (κ1) is 10.3. The smallest absolute Gasteiger partial charge is 0.314 e. The van der Waals surface area contributed by atoms with E-state index in [0.29, 0.717) is 11.8 Å². The molecule has 0 aliphatic carbocycles. The monoisotopic (exact) mass is 158 g/mol. The number of hydrogen-bond donors (Lipinski definition) is 2. The van der Waals surface area contributed by atoms with E-state index in [1.54, 1.807) is 7.05 Å². The minimum Gasteiger partial charge on any atom is -0.341 e. The highest BCUT2D eigenvalue weighted by atomic mass is 16.2. The van der Waals surface area contributed by atoms with Gasteiger partial charge in [-0.1, -0.05) is 20.8 Å². The molecule has 2 amide bonds. The van der Waals surface area contributed by atoms with E-state index in [1.165, 1.54) is 0 Å². The summed E-state index contributed by atoms with van der Waals surface area (Å²) in [6, 6.07) is -0.0995. The fourth-order valence-electron chi connectivity index (χ4n) is 0.578. The lowest BCUT2D eigenvalue weighted by atomic mass is 9.98. The van der Waals surface area contributed by atoms with Gasteiger partial charge in [-0.05, 0) is 11.8 Å². The van der Waals surface area contributed by atoms with Crippen LogP contribution in [0.25, 0.3) is 0 Å². The summed E-state index contributed by atoms with van der Waals surface area (Å²) in [5.41, 5.74) is 0. The van der Waals surface area contributed by atoms with Gasteiger partial charge in [-0.15, -0.1) is 0 Å². The summed E-state index contributed by atoms with van der Waals surface area (Å²) in [4.78, 5) is 10.7. The Bertz CT molecular complexity index is 123. The zero-order valence-electron chi connectivity index (χ0n) is 7.77. The van der Waals surface area contributed by atoms with Crippen molar-refractivity contribution in [3.63, 3.8) is 0 Å². The van der Waals surface area contributed by atoms with E-state index in [9.17, 15) is 4.79 Å². The second kappa shape index (κ2) is 4.99. The molecule has 0 radical (unpaired) electrons. The molecule has 3 heteroatoms. The van der Waals surface area contributed by atoms with Gasteiger partial charge in [-0.3, -0.25) is 0 Å². The summed E-state index contributed by atoms with van der Waals surface area (Å²) in [5.74, 6) is 1.15. The Morgan fingerprint density at radius 1 is 1.36 bits per heavy atom. The molecule has 3 nitrogen and oxygen atoms in total. The third-order valence-electron chi connectivity index (χ3n) is 1.95. The number of hydrogen-bond acceptors (Lipinski definition) is 1. The SMILES string of the molecule is CNC(=O)NCC(C)C(C)C. The largest absolute Gasteiger partial charge is 0.341 e. The second-order valence-electron chi connectivity index (χ2n) is 3.18. The van der Waals surface area contributed by atoms with Crippen LogP contribution in [-0.4, -0.2) is 19.6 Å². The van der Waals surface area contributed by atoms with Crippen molar-refractivity contribution >= 4 is 6.03 Å². The van der Waals surface area contributed by atoms with Gasteiger partial charge in [-0.25, -0.2) is 4.79 Å². The lowest BCUT2D eigenvalue weighted by Gasteiger charge is -2.15. The molecule has 0 aliphatic heterocycles. The van der Waals surface area contributed by atoms with Crippen LogP contribution in [0.5, 0.6) is 0 Å². The first-order valence-corrected chi connectivity index (χ1v) is 4.03. The minimum atomic E-state index is -0.0995. The summed E-state index contributed by atoms with van der Waals surface area (Å²) in [6.07, 6.45) is 0.